The summed E-state index contributed by atoms with van der Waals surface area (Å²) < 4.78 is 11.2. The number of hydrogen-bond donors (Lipinski definition) is 6. The number of aliphatic carboxylic acids is 1. The Hall–Kier alpha value is -3.75. The Morgan fingerprint density at radius 1 is 0.617 bits per heavy atom. The maximum absolute atomic E-state index is 14.0. The fraction of sp³-hybridized carbons (Fsp3) is 0.844. The zero-order valence-corrected chi connectivity index (χ0v) is 39.1. The highest BCUT2D eigenvalue weighted by atomic mass is 16.6. The van der Waals surface area contributed by atoms with Gasteiger partial charge in [-0.25, -0.2) is 4.79 Å². The molecular formula is C45H83N5O10. The van der Waals surface area contributed by atoms with Crippen LogP contribution in [0, 0.1) is 23.7 Å². The number of unbranched alkanes of at least 4 members (excludes halogenated alkanes) is 8. The molecule has 0 aliphatic carbocycles. The van der Waals surface area contributed by atoms with Crippen LogP contribution in [0.5, 0.6) is 0 Å². The zero-order valence-electron chi connectivity index (χ0n) is 39.1. The van der Waals surface area contributed by atoms with E-state index in [-0.39, 0.29) is 24.7 Å². The van der Waals surface area contributed by atoms with E-state index in [1.165, 1.54) is 25.7 Å². The van der Waals surface area contributed by atoms with Gasteiger partial charge in [-0.05, 0) is 70.1 Å². The number of carboxylic acid groups (broad SMARTS) is 1. The molecule has 0 bridgehead atoms. The Morgan fingerprint density at radius 2 is 1.12 bits per heavy atom. The summed E-state index contributed by atoms with van der Waals surface area (Å²) in [6, 6.07) is -5.84. The third-order valence-electron chi connectivity index (χ3n) is 10.2. The first-order chi connectivity index (χ1) is 27.9. The van der Waals surface area contributed by atoms with E-state index in [0.29, 0.717) is 25.7 Å². The van der Waals surface area contributed by atoms with E-state index in [9.17, 15) is 38.7 Å². The Labute approximate surface area is 360 Å². The molecule has 7 N–H and O–H groups in total. The van der Waals surface area contributed by atoms with Crippen molar-refractivity contribution in [3.63, 3.8) is 0 Å². The Kier molecular flexibility index (Phi) is 27.7. The maximum atomic E-state index is 14.0. The summed E-state index contributed by atoms with van der Waals surface area (Å²) in [7, 11) is 0. The van der Waals surface area contributed by atoms with Crippen molar-refractivity contribution in [2.75, 3.05) is 0 Å². The van der Waals surface area contributed by atoms with E-state index in [4.69, 9.17) is 15.2 Å². The van der Waals surface area contributed by atoms with Crippen molar-refractivity contribution in [2.45, 2.75) is 221 Å². The summed E-state index contributed by atoms with van der Waals surface area (Å²) in [6.07, 6.45) is 9.26. The Balaban J connectivity index is 6.25. The third-order valence-corrected chi connectivity index (χ3v) is 10.2. The lowest BCUT2D eigenvalue weighted by molar-refractivity contribution is -0.159. The average Bonchev–Trinajstić information content (AvgIpc) is 3.12. The second-order valence-corrected chi connectivity index (χ2v) is 18.7. The first kappa shape index (κ1) is 56.2. The third kappa shape index (κ3) is 25.1. The molecule has 0 aliphatic rings. The molecule has 0 aromatic carbocycles. The van der Waals surface area contributed by atoms with Crippen molar-refractivity contribution < 1.29 is 48.1 Å². The molecular weight excluding hydrogens is 771 g/mol. The average molecular weight is 854 g/mol. The van der Waals surface area contributed by atoms with Gasteiger partial charge >= 0.3 is 17.9 Å². The van der Waals surface area contributed by atoms with Gasteiger partial charge in [0, 0.05) is 0 Å². The van der Waals surface area contributed by atoms with Crippen molar-refractivity contribution in [1.82, 2.24) is 21.3 Å². The van der Waals surface area contributed by atoms with Gasteiger partial charge in [-0.1, -0.05) is 120 Å². The lowest BCUT2D eigenvalue weighted by Crippen LogP contribution is -2.60. The summed E-state index contributed by atoms with van der Waals surface area (Å²) in [5.41, 5.74) is 5.17. The number of ether oxygens (including phenoxy) is 2. The van der Waals surface area contributed by atoms with Crippen molar-refractivity contribution in [3.8, 4) is 0 Å². The molecule has 0 aromatic heterocycles. The number of rotatable bonds is 31. The van der Waals surface area contributed by atoms with E-state index in [1.54, 1.807) is 41.5 Å². The fourth-order valence-corrected chi connectivity index (χ4v) is 6.65. The van der Waals surface area contributed by atoms with Crippen LogP contribution in [0.4, 0.5) is 0 Å². The molecule has 4 amide bonds. The van der Waals surface area contributed by atoms with Crippen LogP contribution >= 0.6 is 0 Å². The highest BCUT2D eigenvalue weighted by Crippen LogP contribution is 2.19. The number of nitrogens with one attached hydrogen (secondary N) is 4. The second-order valence-electron chi connectivity index (χ2n) is 18.7. The van der Waals surface area contributed by atoms with E-state index in [2.05, 4.69) is 28.2 Å². The zero-order chi connectivity index (χ0) is 46.2. The van der Waals surface area contributed by atoms with Gasteiger partial charge in [0.2, 0.25) is 23.6 Å². The number of carbonyl (C=O) groups is 7. The molecule has 60 heavy (non-hydrogen) atoms. The molecule has 1 unspecified atom stereocenters. The van der Waals surface area contributed by atoms with Crippen LogP contribution < -0.4 is 27.0 Å². The molecule has 0 fully saturated rings. The quantitative estimate of drug-likeness (QED) is 0.0345. The van der Waals surface area contributed by atoms with E-state index in [0.717, 1.165) is 25.7 Å². The minimum Gasteiger partial charge on any atom is -0.481 e. The van der Waals surface area contributed by atoms with Crippen LogP contribution in [0.25, 0.3) is 0 Å². The molecule has 0 aliphatic heterocycles. The number of hydrogen-bond acceptors (Lipinski definition) is 10. The number of nitrogens with two attached hydrogens (primary N) is 1. The van der Waals surface area contributed by atoms with Gasteiger partial charge in [0.15, 0.2) is 0 Å². The van der Waals surface area contributed by atoms with Crippen LogP contribution in [-0.2, 0) is 43.0 Å². The lowest BCUT2D eigenvalue weighted by atomic mass is 9.97. The van der Waals surface area contributed by atoms with Gasteiger partial charge in [-0.3, -0.25) is 28.8 Å². The largest absolute Gasteiger partial charge is 0.481 e. The van der Waals surface area contributed by atoms with Gasteiger partial charge in [0.25, 0.3) is 0 Å². The summed E-state index contributed by atoms with van der Waals surface area (Å²) in [6.45, 7) is 21.7. The normalized spacial score (nSPS) is 15.3. The SMILES string of the molecule is CCCCCCCCCCCC(CC(=O)O)OC(=O)[C@@H](NC(=O)[C@@H](CC(C)C)NC(=O)[C@H](CC(=O)OC(C)(C)C)NC(=O)[C@@H](NC(=O)[C@H](N)CC(C)C)C(C)C)[C@@H](C)CC. The highest BCUT2D eigenvalue weighted by molar-refractivity contribution is 5.97. The van der Waals surface area contributed by atoms with Crippen LogP contribution in [0.2, 0.25) is 0 Å². The standard InChI is InChI=1S/C45H83N5O10/c1-13-15-16-17-18-19-20-21-22-23-32(26-36(51)52)59-44(58)39(31(9)14-2)50-42(56)34(25-29(5)6)47-41(55)35(27-37(53)60-45(10,11)12)48-43(57)38(30(7)8)49-40(54)33(46)24-28(3)4/h28-35,38-39H,13-27,46H2,1-12H3,(H,47,55)(H,48,57)(H,49,54)(H,50,56)(H,51,52)/t31-,32?,33+,34+,35-,38-,39-/m0/s1. The lowest BCUT2D eigenvalue weighted by Gasteiger charge is -2.30. The molecule has 7 atom stereocenters. The number of carboxylic acids is 1. The predicted octanol–water partition coefficient (Wildman–Crippen LogP) is 6.09. The van der Waals surface area contributed by atoms with Gasteiger partial charge in [0.1, 0.15) is 35.9 Å². The van der Waals surface area contributed by atoms with E-state index < -0.39 is 102 Å². The molecule has 15 nitrogen and oxygen atoms in total. The molecule has 0 radical (unpaired) electrons. The van der Waals surface area contributed by atoms with Crippen molar-refractivity contribution in [2.24, 2.45) is 29.4 Å². The van der Waals surface area contributed by atoms with Crippen molar-refractivity contribution in [1.29, 1.82) is 0 Å². The summed E-state index contributed by atoms with van der Waals surface area (Å²) >= 11 is 0. The molecule has 0 saturated heterocycles. The van der Waals surface area contributed by atoms with Gasteiger partial charge in [0.05, 0.1) is 18.9 Å². The second kappa shape index (κ2) is 29.5. The number of amides is 4. The van der Waals surface area contributed by atoms with Gasteiger partial charge in [-0.2, -0.15) is 0 Å². The Morgan fingerprint density at radius 3 is 1.60 bits per heavy atom. The first-order valence-electron chi connectivity index (χ1n) is 22.5. The molecule has 0 rings (SSSR count). The fourth-order valence-electron chi connectivity index (χ4n) is 6.65. The minimum atomic E-state index is -1.51. The van der Waals surface area contributed by atoms with Crippen molar-refractivity contribution >= 4 is 41.5 Å². The monoisotopic (exact) mass is 854 g/mol. The molecule has 0 spiro atoms. The molecule has 348 valence electrons. The van der Waals surface area contributed by atoms with Crippen molar-refractivity contribution in [3.05, 3.63) is 0 Å². The molecule has 0 heterocycles. The summed E-state index contributed by atoms with van der Waals surface area (Å²) in [5, 5.41) is 20.3. The minimum absolute atomic E-state index is 0.124. The number of carbonyl (C=O) groups excluding carboxylic acids is 6. The van der Waals surface area contributed by atoms with Crippen LogP contribution in [0.15, 0.2) is 0 Å². The van der Waals surface area contributed by atoms with E-state index >= 15 is 0 Å². The maximum Gasteiger partial charge on any atom is 0.329 e. The van der Waals surface area contributed by atoms with Gasteiger partial charge in [-0.15, -0.1) is 0 Å². The van der Waals surface area contributed by atoms with Gasteiger partial charge < -0.3 is 41.6 Å². The van der Waals surface area contributed by atoms with E-state index in [1.807, 2.05) is 34.6 Å². The Bertz CT molecular complexity index is 1330. The smallest absolute Gasteiger partial charge is 0.329 e. The highest BCUT2D eigenvalue weighted by Gasteiger charge is 2.36. The molecule has 0 saturated carbocycles. The predicted molar refractivity (Wildman–Crippen MR) is 233 cm³/mol. The van der Waals surface area contributed by atoms with Crippen LogP contribution in [-0.4, -0.2) is 88.6 Å². The topological polar surface area (TPSA) is 232 Å². The number of esters is 2. The van der Waals surface area contributed by atoms with Crippen LogP contribution in [0.3, 0.4) is 0 Å². The summed E-state index contributed by atoms with van der Waals surface area (Å²) in [5.74, 6) is -6.30. The molecule has 15 heteroatoms. The van der Waals surface area contributed by atoms with Crippen LogP contribution in [0.1, 0.15) is 179 Å². The summed E-state index contributed by atoms with van der Waals surface area (Å²) in [4.78, 5) is 93.2. The first-order valence-corrected chi connectivity index (χ1v) is 22.5. The molecule has 0 aromatic rings.